The number of amides is 3. The molecule has 0 unspecified atom stereocenters. The van der Waals surface area contributed by atoms with Crippen LogP contribution in [0.1, 0.15) is 67.1 Å². The van der Waals surface area contributed by atoms with Gasteiger partial charge in [0.1, 0.15) is 17.1 Å². The Hall–Kier alpha value is -3.23. The molecule has 1 aromatic carbocycles. The van der Waals surface area contributed by atoms with Gasteiger partial charge in [0.05, 0.1) is 12.9 Å². The predicted molar refractivity (Wildman–Crippen MR) is 122 cm³/mol. The van der Waals surface area contributed by atoms with E-state index >= 15 is 0 Å². The van der Waals surface area contributed by atoms with E-state index in [2.05, 4.69) is 29.5 Å². The molecule has 33 heavy (non-hydrogen) atoms. The Bertz CT molecular complexity index is 1020. The highest BCUT2D eigenvalue weighted by Crippen LogP contribution is 2.29. The van der Waals surface area contributed by atoms with Crippen molar-refractivity contribution in [2.24, 2.45) is 5.92 Å². The van der Waals surface area contributed by atoms with Crippen molar-refractivity contribution >= 4 is 17.7 Å². The van der Waals surface area contributed by atoms with Gasteiger partial charge in [-0.3, -0.25) is 14.4 Å². The number of fused-ring (bicyclic) bond motifs is 1. The number of benzene rings is 1. The van der Waals surface area contributed by atoms with Crippen LogP contribution < -0.4 is 10.6 Å². The van der Waals surface area contributed by atoms with Gasteiger partial charge in [-0.05, 0) is 43.4 Å². The second kappa shape index (κ2) is 10.1. The number of imidazole rings is 1. The Morgan fingerprint density at radius 2 is 1.91 bits per heavy atom. The maximum absolute atomic E-state index is 13.5. The zero-order valence-electron chi connectivity index (χ0n) is 19.7. The van der Waals surface area contributed by atoms with Crippen molar-refractivity contribution in [3.8, 4) is 0 Å². The number of aromatic nitrogens is 2. The molecule has 178 valence electrons. The number of hydrogen-bond acceptors (Lipinski definition) is 4. The van der Waals surface area contributed by atoms with Gasteiger partial charge in [-0.15, -0.1) is 0 Å². The van der Waals surface area contributed by atoms with Crippen LogP contribution in [0.4, 0.5) is 4.39 Å². The summed E-state index contributed by atoms with van der Waals surface area (Å²) < 4.78 is 14.7. The van der Waals surface area contributed by atoms with Gasteiger partial charge in [0.15, 0.2) is 5.69 Å². The van der Waals surface area contributed by atoms with Gasteiger partial charge >= 0.3 is 0 Å². The summed E-state index contributed by atoms with van der Waals surface area (Å²) in [4.78, 5) is 45.1. The van der Waals surface area contributed by atoms with Crippen LogP contribution in [0, 0.1) is 11.7 Å². The fourth-order valence-electron chi connectivity index (χ4n) is 3.96. The highest BCUT2D eigenvalue weighted by atomic mass is 19.1. The van der Waals surface area contributed by atoms with Crippen LogP contribution in [0.15, 0.2) is 30.6 Å². The van der Waals surface area contributed by atoms with Gasteiger partial charge in [-0.25, -0.2) is 9.37 Å². The molecule has 3 amide bonds. The van der Waals surface area contributed by atoms with E-state index in [-0.39, 0.29) is 36.2 Å². The standard InChI is InChI=1S/C24H32FN5O3/c1-5-12-30-22(32)20-19(21(31)27-13-17-6-8-18(25)9-7-17)28-15-29(20)14-24(30,4)23(33)26-11-10-16(2)3/h6-9,15-16H,5,10-14H2,1-4H3,(H,26,33)(H,27,31)/t24-/m1/s1. The molecule has 0 bridgehead atoms. The van der Waals surface area contributed by atoms with Crippen molar-refractivity contribution in [2.75, 3.05) is 13.1 Å². The van der Waals surface area contributed by atoms with Crippen LogP contribution in [0.5, 0.6) is 0 Å². The molecule has 1 atom stereocenters. The third kappa shape index (κ3) is 5.23. The topological polar surface area (TPSA) is 96.3 Å². The van der Waals surface area contributed by atoms with Crippen molar-refractivity contribution < 1.29 is 18.8 Å². The quantitative estimate of drug-likeness (QED) is 0.605. The zero-order valence-corrected chi connectivity index (χ0v) is 19.7. The fourth-order valence-corrected chi connectivity index (χ4v) is 3.96. The molecule has 0 fully saturated rings. The minimum Gasteiger partial charge on any atom is -0.354 e. The molecule has 0 aliphatic carbocycles. The van der Waals surface area contributed by atoms with Gasteiger partial charge in [0.2, 0.25) is 5.91 Å². The van der Waals surface area contributed by atoms with Crippen molar-refractivity contribution in [3.05, 3.63) is 53.4 Å². The number of carbonyl (C=O) groups is 3. The molecule has 2 heterocycles. The van der Waals surface area contributed by atoms with Gasteiger partial charge < -0.3 is 20.1 Å². The number of halogens is 1. The lowest BCUT2D eigenvalue weighted by Crippen LogP contribution is -2.64. The first kappa shape index (κ1) is 24.4. The lowest BCUT2D eigenvalue weighted by atomic mass is 9.93. The minimum atomic E-state index is -1.08. The maximum atomic E-state index is 13.5. The van der Waals surface area contributed by atoms with Crippen LogP contribution in [-0.4, -0.2) is 50.8 Å². The summed E-state index contributed by atoms with van der Waals surface area (Å²) in [5.41, 5.74) is -0.167. The molecular formula is C24H32FN5O3. The summed E-state index contributed by atoms with van der Waals surface area (Å²) in [7, 11) is 0. The van der Waals surface area contributed by atoms with Gasteiger partial charge in [-0.2, -0.15) is 0 Å². The molecule has 9 heteroatoms. The normalized spacial score (nSPS) is 17.8. The summed E-state index contributed by atoms with van der Waals surface area (Å²) in [6.45, 7) is 9.16. The lowest BCUT2D eigenvalue weighted by Gasteiger charge is -2.43. The Morgan fingerprint density at radius 3 is 2.55 bits per heavy atom. The van der Waals surface area contributed by atoms with Crippen molar-refractivity contribution in [2.45, 2.75) is 59.2 Å². The van der Waals surface area contributed by atoms with E-state index in [0.29, 0.717) is 25.4 Å². The molecular weight excluding hydrogens is 425 g/mol. The molecule has 1 aromatic heterocycles. The third-order valence-corrected chi connectivity index (χ3v) is 5.88. The monoisotopic (exact) mass is 457 g/mol. The lowest BCUT2D eigenvalue weighted by molar-refractivity contribution is -0.132. The van der Waals surface area contributed by atoms with Gasteiger partial charge in [0.25, 0.3) is 11.8 Å². The Balaban J connectivity index is 1.81. The van der Waals surface area contributed by atoms with Crippen LogP contribution >= 0.6 is 0 Å². The van der Waals surface area contributed by atoms with E-state index < -0.39 is 17.4 Å². The smallest absolute Gasteiger partial charge is 0.273 e. The summed E-state index contributed by atoms with van der Waals surface area (Å²) in [5, 5.41) is 5.70. The number of hydrogen-bond donors (Lipinski definition) is 2. The molecule has 8 nitrogen and oxygen atoms in total. The fraction of sp³-hybridized carbons (Fsp3) is 0.500. The highest BCUT2D eigenvalue weighted by Gasteiger charge is 2.48. The second-order valence-electron chi connectivity index (χ2n) is 9.05. The summed E-state index contributed by atoms with van der Waals surface area (Å²) in [5.74, 6) is -1.01. The first-order valence-corrected chi connectivity index (χ1v) is 11.4. The third-order valence-electron chi connectivity index (χ3n) is 5.88. The zero-order chi connectivity index (χ0) is 24.2. The van der Waals surface area contributed by atoms with Crippen LogP contribution in [0.3, 0.4) is 0 Å². The van der Waals surface area contributed by atoms with Gasteiger partial charge in [0, 0.05) is 19.6 Å². The van der Waals surface area contributed by atoms with Crippen molar-refractivity contribution in [1.29, 1.82) is 0 Å². The second-order valence-corrected chi connectivity index (χ2v) is 9.05. The SMILES string of the molecule is CCCN1C(=O)c2c(C(=O)NCc3ccc(F)cc3)ncn2C[C@]1(C)C(=O)NCCC(C)C. The van der Waals surface area contributed by atoms with Gasteiger partial charge in [-0.1, -0.05) is 32.9 Å². The van der Waals surface area contributed by atoms with Crippen molar-refractivity contribution in [3.63, 3.8) is 0 Å². The number of nitrogens with zero attached hydrogens (tertiary/aromatic N) is 3. The average Bonchev–Trinajstić information content (AvgIpc) is 3.19. The molecule has 1 aliphatic heterocycles. The number of nitrogens with one attached hydrogen (secondary N) is 2. The van der Waals surface area contributed by atoms with E-state index in [4.69, 9.17) is 0 Å². The molecule has 2 aromatic rings. The molecule has 0 spiro atoms. The largest absolute Gasteiger partial charge is 0.354 e. The molecule has 3 rings (SSSR count). The van der Waals surface area contributed by atoms with E-state index in [1.54, 1.807) is 28.5 Å². The van der Waals surface area contributed by atoms with E-state index in [0.717, 1.165) is 12.0 Å². The Labute approximate surface area is 193 Å². The Kier molecular flexibility index (Phi) is 7.50. The van der Waals surface area contributed by atoms with Crippen molar-refractivity contribution in [1.82, 2.24) is 25.1 Å². The molecule has 0 saturated carbocycles. The maximum Gasteiger partial charge on any atom is 0.273 e. The molecule has 2 N–H and O–H groups in total. The van der Waals surface area contributed by atoms with Crippen LogP contribution in [0.25, 0.3) is 0 Å². The van der Waals surface area contributed by atoms with E-state index in [1.165, 1.54) is 18.5 Å². The first-order chi connectivity index (χ1) is 15.7. The van der Waals surface area contributed by atoms with E-state index in [9.17, 15) is 18.8 Å². The van der Waals surface area contributed by atoms with Crippen LogP contribution in [-0.2, 0) is 17.9 Å². The average molecular weight is 458 g/mol. The number of carbonyl (C=O) groups excluding carboxylic acids is 3. The summed E-state index contributed by atoms with van der Waals surface area (Å²) >= 11 is 0. The minimum absolute atomic E-state index is 0.0190. The first-order valence-electron chi connectivity index (χ1n) is 11.4. The molecule has 0 radical (unpaired) electrons. The summed E-state index contributed by atoms with van der Waals surface area (Å²) in [6.07, 6.45) is 2.95. The van der Waals surface area contributed by atoms with E-state index in [1.807, 2.05) is 6.92 Å². The molecule has 0 saturated heterocycles. The highest BCUT2D eigenvalue weighted by molar-refractivity contribution is 6.07. The molecule has 1 aliphatic rings. The number of rotatable bonds is 9. The predicted octanol–water partition coefficient (Wildman–Crippen LogP) is 2.74. The summed E-state index contributed by atoms with van der Waals surface area (Å²) in [6, 6.07) is 5.80. The van der Waals surface area contributed by atoms with Crippen LogP contribution in [0.2, 0.25) is 0 Å². The Morgan fingerprint density at radius 1 is 1.21 bits per heavy atom.